The third kappa shape index (κ3) is 3.69. The van der Waals surface area contributed by atoms with Crippen LogP contribution in [0.4, 0.5) is 18.3 Å². The van der Waals surface area contributed by atoms with Crippen LogP contribution in [0, 0.1) is 23.4 Å². The molecule has 1 aliphatic rings. The summed E-state index contributed by atoms with van der Waals surface area (Å²) in [6, 6.07) is 8.52. The molecule has 1 aliphatic heterocycles. The number of hydrogen-bond acceptors (Lipinski definition) is 4. The van der Waals surface area contributed by atoms with Crippen molar-refractivity contribution in [2.75, 3.05) is 18.0 Å². The SMILES string of the molecule is O=C(NCc1c(F)cccc1F)C1CCN(c2nc3c(F)cccc3s2)CC1. The number of thiazole rings is 1. The summed E-state index contributed by atoms with van der Waals surface area (Å²) in [4.78, 5) is 18.8. The molecule has 8 heteroatoms. The maximum absolute atomic E-state index is 13.8. The topological polar surface area (TPSA) is 45.2 Å². The van der Waals surface area contributed by atoms with E-state index in [2.05, 4.69) is 10.3 Å². The number of piperidine rings is 1. The molecule has 28 heavy (non-hydrogen) atoms. The van der Waals surface area contributed by atoms with Gasteiger partial charge in [-0.3, -0.25) is 4.79 Å². The molecule has 0 atom stereocenters. The Balaban J connectivity index is 1.35. The summed E-state index contributed by atoms with van der Waals surface area (Å²) in [5, 5.41) is 3.38. The highest BCUT2D eigenvalue weighted by Crippen LogP contribution is 2.32. The van der Waals surface area contributed by atoms with Gasteiger partial charge < -0.3 is 10.2 Å². The third-order valence-corrected chi connectivity index (χ3v) is 6.08. The molecule has 0 spiro atoms. The average molecular weight is 405 g/mol. The van der Waals surface area contributed by atoms with Crippen molar-refractivity contribution in [3.05, 3.63) is 59.4 Å². The zero-order valence-corrected chi connectivity index (χ0v) is 15.7. The van der Waals surface area contributed by atoms with Crippen LogP contribution in [0.25, 0.3) is 10.2 Å². The van der Waals surface area contributed by atoms with Crippen molar-refractivity contribution in [1.29, 1.82) is 0 Å². The van der Waals surface area contributed by atoms with Gasteiger partial charge in [-0.15, -0.1) is 0 Å². The van der Waals surface area contributed by atoms with Crippen LogP contribution in [-0.4, -0.2) is 24.0 Å². The summed E-state index contributed by atoms with van der Waals surface area (Å²) in [5.41, 5.74) is 0.235. The number of aromatic nitrogens is 1. The molecule has 0 bridgehead atoms. The van der Waals surface area contributed by atoms with E-state index in [1.807, 2.05) is 11.0 Å². The number of carbonyl (C=O) groups excluding carboxylic acids is 1. The second kappa shape index (κ2) is 7.79. The summed E-state index contributed by atoms with van der Waals surface area (Å²) in [5.74, 6) is -2.11. The van der Waals surface area contributed by atoms with Gasteiger partial charge in [0.1, 0.15) is 23.0 Å². The number of rotatable bonds is 4. The number of carbonyl (C=O) groups is 1. The number of hydrogen-bond donors (Lipinski definition) is 1. The lowest BCUT2D eigenvalue weighted by atomic mass is 9.96. The molecular formula is C20H18F3N3OS. The number of halogens is 3. The molecule has 0 aliphatic carbocycles. The van der Waals surface area contributed by atoms with Crippen LogP contribution in [0.3, 0.4) is 0 Å². The first kappa shape index (κ1) is 18.7. The van der Waals surface area contributed by atoms with Gasteiger partial charge in [-0.1, -0.05) is 23.5 Å². The normalized spacial score (nSPS) is 15.2. The predicted molar refractivity (Wildman–Crippen MR) is 103 cm³/mol. The Bertz CT molecular complexity index is 995. The molecule has 0 saturated carbocycles. The van der Waals surface area contributed by atoms with Crippen LogP contribution in [0.5, 0.6) is 0 Å². The van der Waals surface area contributed by atoms with Crippen LogP contribution in [0.1, 0.15) is 18.4 Å². The highest BCUT2D eigenvalue weighted by molar-refractivity contribution is 7.22. The number of fused-ring (bicyclic) bond motifs is 1. The van der Waals surface area contributed by atoms with E-state index < -0.39 is 11.6 Å². The van der Waals surface area contributed by atoms with Gasteiger partial charge >= 0.3 is 0 Å². The molecule has 0 radical (unpaired) electrons. The molecule has 4 nitrogen and oxygen atoms in total. The van der Waals surface area contributed by atoms with E-state index in [-0.39, 0.29) is 29.8 Å². The summed E-state index contributed by atoms with van der Waals surface area (Å²) in [6.45, 7) is 1.07. The largest absolute Gasteiger partial charge is 0.352 e. The van der Waals surface area contributed by atoms with Crippen LogP contribution >= 0.6 is 11.3 Å². The lowest BCUT2D eigenvalue weighted by Gasteiger charge is -2.31. The van der Waals surface area contributed by atoms with Gasteiger partial charge in [-0.2, -0.15) is 0 Å². The number of benzene rings is 2. The standard InChI is InChI=1S/C20H18F3N3OS/c21-14-3-1-4-15(22)13(14)11-24-19(27)12-7-9-26(10-8-12)20-25-18-16(23)5-2-6-17(18)28-20/h1-6,12H,7-11H2,(H,24,27). The Labute approximate surface area is 164 Å². The van der Waals surface area contributed by atoms with Crippen molar-refractivity contribution >= 4 is 32.6 Å². The van der Waals surface area contributed by atoms with E-state index in [1.165, 1.54) is 35.6 Å². The fourth-order valence-electron chi connectivity index (χ4n) is 3.39. The number of nitrogens with one attached hydrogen (secondary N) is 1. The maximum Gasteiger partial charge on any atom is 0.223 e. The van der Waals surface area contributed by atoms with Crippen molar-refractivity contribution in [3.63, 3.8) is 0 Å². The van der Waals surface area contributed by atoms with Crippen molar-refractivity contribution in [1.82, 2.24) is 10.3 Å². The first-order valence-electron chi connectivity index (χ1n) is 9.03. The van der Waals surface area contributed by atoms with Gasteiger partial charge in [0, 0.05) is 31.1 Å². The van der Waals surface area contributed by atoms with Gasteiger partial charge in [0.25, 0.3) is 0 Å². The quantitative estimate of drug-likeness (QED) is 0.706. The lowest BCUT2D eigenvalue weighted by molar-refractivity contribution is -0.125. The van der Waals surface area contributed by atoms with Gasteiger partial charge in [-0.05, 0) is 37.1 Å². The molecule has 1 fully saturated rings. The number of anilines is 1. The second-order valence-corrected chi connectivity index (χ2v) is 7.77. The molecular weight excluding hydrogens is 387 g/mol. The predicted octanol–water partition coefficient (Wildman–Crippen LogP) is 4.25. The van der Waals surface area contributed by atoms with E-state index in [0.717, 1.165) is 9.83 Å². The minimum absolute atomic E-state index is 0.134. The first-order chi connectivity index (χ1) is 13.5. The zero-order valence-electron chi connectivity index (χ0n) is 14.9. The van der Waals surface area contributed by atoms with Crippen molar-refractivity contribution in [2.45, 2.75) is 19.4 Å². The zero-order chi connectivity index (χ0) is 19.7. The van der Waals surface area contributed by atoms with Crippen LogP contribution in [0.2, 0.25) is 0 Å². The lowest BCUT2D eigenvalue weighted by Crippen LogP contribution is -2.40. The van der Waals surface area contributed by atoms with Crippen LogP contribution in [-0.2, 0) is 11.3 Å². The van der Waals surface area contributed by atoms with Crippen molar-refractivity contribution in [3.8, 4) is 0 Å². The number of para-hydroxylation sites is 1. The Hall–Kier alpha value is -2.61. The highest BCUT2D eigenvalue weighted by atomic mass is 32.1. The Morgan fingerprint density at radius 2 is 1.71 bits per heavy atom. The van der Waals surface area contributed by atoms with Gasteiger partial charge in [0.05, 0.1) is 4.70 Å². The molecule has 2 heterocycles. The van der Waals surface area contributed by atoms with Gasteiger partial charge in [-0.25, -0.2) is 18.2 Å². The molecule has 146 valence electrons. The number of nitrogens with zero attached hydrogens (tertiary/aromatic N) is 2. The molecule has 0 unspecified atom stereocenters. The highest BCUT2D eigenvalue weighted by Gasteiger charge is 2.27. The summed E-state index contributed by atoms with van der Waals surface area (Å²) >= 11 is 1.43. The molecule has 1 saturated heterocycles. The van der Waals surface area contributed by atoms with E-state index in [1.54, 1.807) is 6.07 Å². The molecule has 1 amide bonds. The summed E-state index contributed by atoms with van der Waals surface area (Å²) < 4.78 is 42.0. The minimum Gasteiger partial charge on any atom is -0.352 e. The Kier molecular flexibility index (Phi) is 5.21. The third-order valence-electron chi connectivity index (χ3n) is 5.00. The Morgan fingerprint density at radius 1 is 1.07 bits per heavy atom. The van der Waals surface area contributed by atoms with E-state index >= 15 is 0 Å². The van der Waals surface area contributed by atoms with Crippen molar-refractivity contribution < 1.29 is 18.0 Å². The summed E-state index contributed by atoms with van der Waals surface area (Å²) in [7, 11) is 0. The average Bonchev–Trinajstić information content (AvgIpc) is 3.13. The minimum atomic E-state index is -0.668. The number of amides is 1. The smallest absolute Gasteiger partial charge is 0.223 e. The maximum atomic E-state index is 13.8. The van der Waals surface area contributed by atoms with E-state index in [4.69, 9.17) is 0 Å². The molecule has 2 aromatic carbocycles. The van der Waals surface area contributed by atoms with E-state index in [9.17, 15) is 18.0 Å². The first-order valence-corrected chi connectivity index (χ1v) is 9.85. The van der Waals surface area contributed by atoms with Crippen molar-refractivity contribution in [2.24, 2.45) is 5.92 Å². The molecule has 1 N–H and O–H groups in total. The molecule has 4 rings (SSSR count). The molecule has 1 aromatic heterocycles. The van der Waals surface area contributed by atoms with Gasteiger partial charge in [0.15, 0.2) is 5.13 Å². The molecule has 3 aromatic rings. The van der Waals surface area contributed by atoms with Crippen LogP contribution < -0.4 is 10.2 Å². The Morgan fingerprint density at radius 3 is 2.39 bits per heavy atom. The van der Waals surface area contributed by atoms with E-state index in [0.29, 0.717) is 31.4 Å². The summed E-state index contributed by atoms with van der Waals surface area (Å²) in [6.07, 6.45) is 1.20. The van der Waals surface area contributed by atoms with Crippen LogP contribution in [0.15, 0.2) is 36.4 Å². The fraction of sp³-hybridized carbons (Fsp3) is 0.300. The monoisotopic (exact) mass is 405 g/mol. The fourth-order valence-corrected chi connectivity index (χ4v) is 4.42. The van der Waals surface area contributed by atoms with Gasteiger partial charge in [0.2, 0.25) is 5.91 Å². The second-order valence-electron chi connectivity index (χ2n) is 6.76.